The molecule has 0 spiro atoms. The average molecular weight is 273 g/mol. The van der Waals surface area contributed by atoms with E-state index in [0.29, 0.717) is 6.54 Å². The molecule has 0 aromatic rings. The lowest BCUT2D eigenvalue weighted by molar-refractivity contribution is -0.138. The Labute approximate surface area is 97.5 Å². The fraction of sp³-hybridized carbons (Fsp3) is 0.600. The first kappa shape index (κ1) is 12.1. The Hall–Kier alpha value is -1.02. The zero-order chi connectivity index (χ0) is 11.3. The van der Waals surface area contributed by atoms with Crippen LogP contribution < -0.4 is 5.32 Å². The summed E-state index contributed by atoms with van der Waals surface area (Å²) < 4.78 is 0. The summed E-state index contributed by atoms with van der Waals surface area (Å²) in [5.41, 5.74) is 0. The van der Waals surface area contributed by atoms with Gasteiger partial charge in [-0.2, -0.15) is 0 Å². The summed E-state index contributed by atoms with van der Waals surface area (Å²) >= 11 is 2.88. The lowest BCUT2D eigenvalue weighted by Crippen LogP contribution is -2.50. The highest BCUT2D eigenvalue weighted by molar-refractivity contribution is 9.12. The van der Waals surface area contributed by atoms with Crippen LogP contribution in [0, 0.1) is 10.8 Å². The van der Waals surface area contributed by atoms with Gasteiger partial charge >= 0.3 is 0 Å². The molecule has 1 N–H and O–H groups in total. The second-order valence-electron chi connectivity index (χ2n) is 3.34. The average Bonchev–Trinajstić information content (AvgIpc) is 2.28. The van der Waals surface area contributed by atoms with E-state index in [0.717, 1.165) is 19.3 Å². The first-order valence-electron chi connectivity index (χ1n) is 4.84. The Morgan fingerprint density at radius 1 is 1.47 bits per heavy atom. The van der Waals surface area contributed by atoms with Crippen molar-refractivity contribution >= 4 is 27.7 Å². The Balaban J connectivity index is 2.76. The monoisotopic (exact) mass is 272 g/mol. The fourth-order valence-corrected chi connectivity index (χ4v) is 1.90. The lowest BCUT2D eigenvalue weighted by atomic mass is 10.0. The summed E-state index contributed by atoms with van der Waals surface area (Å²) in [4.78, 5) is 27.0. The number of halogens is 1. The SMILES string of the molecule is CNC(=O)C1CCCCN1C(=O)C#CBr. The van der Waals surface area contributed by atoms with Crippen LogP contribution in [-0.2, 0) is 9.59 Å². The number of amides is 2. The second kappa shape index (κ2) is 5.76. The normalized spacial score (nSPS) is 20.1. The minimum absolute atomic E-state index is 0.112. The van der Waals surface area contributed by atoms with Gasteiger partial charge in [-0.05, 0) is 24.1 Å². The van der Waals surface area contributed by atoms with E-state index in [-0.39, 0.29) is 17.9 Å². The van der Waals surface area contributed by atoms with Gasteiger partial charge in [-0.1, -0.05) is 0 Å². The van der Waals surface area contributed by atoms with Gasteiger partial charge in [0, 0.05) is 35.4 Å². The van der Waals surface area contributed by atoms with Gasteiger partial charge in [0.2, 0.25) is 5.91 Å². The summed E-state index contributed by atoms with van der Waals surface area (Å²) in [6, 6.07) is -0.357. The maximum atomic E-state index is 11.6. The lowest BCUT2D eigenvalue weighted by Gasteiger charge is -2.32. The molecule has 1 aliphatic heterocycles. The van der Waals surface area contributed by atoms with Crippen LogP contribution in [0.25, 0.3) is 0 Å². The zero-order valence-corrected chi connectivity index (χ0v) is 10.1. The van der Waals surface area contributed by atoms with E-state index in [1.807, 2.05) is 0 Å². The van der Waals surface area contributed by atoms with Crippen molar-refractivity contribution in [3.05, 3.63) is 0 Å². The number of carbonyl (C=O) groups excluding carboxylic acids is 2. The van der Waals surface area contributed by atoms with Gasteiger partial charge < -0.3 is 10.2 Å². The number of piperidine rings is 1. The van der Waals surface area contributed by atoms with Gasteiger partial charge in [-0.25, -0.2) is 0 Å². The van der Waals surface area contributed by atoms with Crippen molar-refractivity contribution in [2.75, 3.05) is 13.6 Å². The van der Waals surface area contributed by atoms with E-state index in [1.165, 1.54) is 4.90 Å². The van der Waals surface area contributed by atoms with E-state index >= 15 is 0 Å². The molecular formula is C10H13BrN2O2. The molecule has 0 aromatic heterocycles. The summed E-state index contributed by atoms with van der Waals surface area (Å²) in [7, 11) is 1.58. The van der Waals surface area contributed by atoms with Gasteiger partial charge in [0.15, 0.2) is 0 Å². The number of likely N-dealkylation sites (tertiary alicyclic amines) is 1. The highest BCUT2D eigenvalue weighted by Gasteiger charge is 2.30. The van der Waals surface area contributed by atoms with Crippen LogP contribution in [-0.4, -0.2) is 36.3 Å². The first-order valence-corrected chi connectivity index (χ1v) is 5.64. The predicted octanol–water partition coefficient (Wildman–Crippen LogP) is 0.469. The van der Waals surface area contributed by atoms with Crippen LogP contribution in [0.3, 0.4) is 0 Å². The number of carbonyl (C=O) groups is 2. The Morgan fingerprint density at radius 3 is 2.80 bits per heavy atom. The molecule has 1 rings (SSSR count). The van der Waals surface area contributed by atoms with Crippen LogP contribution in [0.5, 0.6) is 0 Å². The van der Waals surface area contributed by atoms with Crippen molar-refractivity contribution < 1.29 is 9.59 Å². The fourth-order valence-electron chi connectivity index (χ4n) is 1.73. The zero-order valence-electron chi connectivity index (χ0n) is 8.55. The largest absolute Gasteiger partial charge is 0.357 e. The molecule has 0 aliphatic carbocycles. The van der Waals surface area contributed by atoms with Crippen LogP contribution in [0.4, 0.5) is 0 Å². The van der Waals surface area contributed by atoms with Gasteiger partial charge in [-0.15, -0.1) is 0 Å². The number of likely N-dealkylation sites (N-methyl/N-ethyl adjacent to an activating group) is 1. The molecule has 1 unspecified atom stereocenters. The third kappa shape index (κ3) is 2.96. The Morgan fingerprint density at radius 2 is 2.20 bits per heavy atom. The molecule has 2 amide bonds. The van der Waals surface area contributed by atoms with Crippen molar-refractivity contribution in [3.8, 4) is 10.8 Å². The van der Waals surface area contributed by atoms with Gasteiger partial charge in [-0.3, -0.25) is 9.59 Å². The maximum Gasteiger partial charge on any atom is 0.300 e. The van der Waals surface area contributed by atoms with E-state index in [9.17, 15) is 9.59 Å². The van der Waals surface area contributed by atoms with E-state index in [2.05, 4.69) is 32.0 Å². The van der Waals surface area contributed by atoms with Crippen molar-refractivity contribution in [2.45, 2.75) is 25.3 Å². The molecule has 1 fully saturated rings. The van der Waals surface area contributed by atoms with Crippen molar-refractivity contribution in [2.24, 2.45) is 0 Å². The highest BCUT2D eigenvalue weighted by Crippen LogP contribution is 2.17. The van der Waals surface area contributed by atoms with Crippen LogP contribution >= 0.6 is 15.9 Å². The molecule has 15 heavy (non-hydrogen) atoms. The molecule has 1 atom stereocenters. The first-order chi connectivity index (χ1) is 7.20. The van der Waals surface area contributed by atoms with E-state index in [4.69, 9.17) is 0 Å². The molecule has 82 valence electrons. The number of hydrogen-bond acceptors (Lipinski definition) is 2. The molecule has 1 saturated heterocycles. The van der Waals surface area contributed by atoms with Crippen LogP contribution in [0.1, 0.15) is 19.3 Å². The van der Waals surface area contributed by atoms with Crippen LogP contribution in [0.15, 0.2) is 0 Å². The van der Waals surface area contributed by atoms with Crippen molar-refractivity contribution in [1.82, 2.24) is 10.2 Å². The van der Waals surface area contributed by atoms with Crippen molar-refractivity contribution in [1.29, 1.82) is 0 Å². The standard InChI is InChI=1S/C10H13BrN2O2/c1-12-10(15)8-4-2-3-7-13(8)9(14)5-6-11/h8H,2-4,7H2,1H3,(H,12,15). The molecule has 5 heteroatoms. The maximum absolute atomic E-state index is 11.6. The Kier molecular flexibility index (Phi) is 4.63. The number of hydrogen-bond donors (Lipinski definition) is 1. The summed E-state index contributed by atoms with van der Waals surface area (Å²) in [5, 5.41) is 2.57. The molecule has 0 bridgehead atoms. The number of nitrogens with one attached hydrogen (secondary N) is 1. The van der Waals surface area contributed by atoms with Crippen molar-refractivity contribution in [3.63, 3.8) is 0 Å². The van der Waals surface area contributed by atoms with E-state index < -0.39 is 0 Å². The minimum atomic E-state index is -0.357. The molecule has 1 aliphatic rings. The predicted molar refractivity (Wildman–Crippen MR) is 60.1 cm³/mol. The number of rotatable bonds is 1. The summed E-state index contributed by atoms with van der Waals surface area (Å²) in [6.45, 7) is 0.610. The quantitative estimate of drug-likeness (QED) is 0.706. The van der Waals surface area contributed by atoms with Gasteiger partial charge in [0.1, 0.15) is 6.04 Å². The summed E-state index contributed by atoms with van der Waals surface area (Å²) in [6.07, 6.45) is 2.63. The topological polar surface area (TPSA) is 49.4 Å². The number of nitrogens with zero attached hydrogens (tertiary/aromatic N) is 1. The Bertz CT molecular complexity index is 319. The van der Waals surface area contributed by atoms with Crippen LogP contribution in [0.2, 0.25) is 0 Å². The molecule has 0 aromatic carbocycles. The summed E-state index contributed by atoms with van der Waals surface area (Å²) in [5.74, 6) is 1.99. The van der Waals surface area contributed by atoms with Gasteiger partial charge in [0.05, 0.1) is 0 Å². The highest BCUT2D eigenvalue weighted by atomic mass is 79.9. The molecule has 0 saturated carbocycles. The van der Waals surface area contributed by atoms with E-state index in [1.54, 1.807) is 7.05 Å². The molecule has 0 radical (unpaired) electrons. The smallest absolute Gasteiger partial charge is 0.300 e. The minimum Gasteiger partial charge on any atom is -0.357 e. The molecule has 4 nitrogen and oxygen atoms in total. The second-order valence-corrected chi connectivity index (χ2v) is 3.74. The van der Waals surface area contributed by atoms with Gasteiger partial charge in [0.25, 0.3) is 5.91 Å². The third-order valence-corrected chi connectivity index (χ3v) is 2.67. The molecule has 1 heterocycles. The third-order valence-electron chi connectivity index (χ3n) is 2.47. The molecular weight excluding hydrogens is 260 g/mol.